The van der Waals surface area contributed by atoms with Crippen LogP contribution in [-0.2, 0) is 25.5 Å². The van der Waals surface area contributed by atoms with E-state index in [-0.39, 0.29) is 31.2 Å². The minimum Gasteiger partial charge on any atom is -0.456 e. The van der Waals surface area contributed by atoms with Gasteiger partial charge < -0.3 is 19.5 Å². The average Bonchev–Trinajstić information content (AvgIpc) is 3.12. The van der Waals surface area contributed by atoms with Gasteiger partial charge in [-0.3, -0.25) is 14.4 Å². The summed E-state index contributed by atoms with van der Waals surface area (Å²) in [5, 5.41) is 6.80. The number of nitrogens with one attached hydrogen (secondary N) is 1. The second-order valence-corrected chi connectivity index (χ2v) is 6.18. The first-order chi connectivity index (χ1) is 12.8. The number of aromatic nitrogens is 2. The summed E-state index contributed by atoms with van der Waals surface area (Å²) in [6, 6.07) is 6.93. The molecule has 1 aromatic heterocycles. The summed E-state index contributed by atoms with van der Waals surface area (Å²) in [5.41, 5.74) is 0.737. The molecular weight excluding hydrogens is 376 g/mol. The van der Waals surface area contributed by atoms with Gasteiger partial charge in [-0.2, -0.15) is 4.98 Å². The molecule has 0 aliphatic heterocycles. The first-order valence-electron chi connectivity index (χ1n) is 8.06. The number of halogens is 1. The van der Waals surface area contributed by atoms with Gasteiger partial charge in [0.1, 0.15) is 0 Å². The molecule has 27 heavy (non-hydrogen) atoms. The van der Waals surface area contributed by atoms with Gasteiger partial charge in [-0.1, -0.05) is 16.8 Å². The summed E-state index contributed by atoms with van der Waals surface area (Å²) in [7, 11) is 3.15. The third kappa shape index (κ3) is 6.70. The number of carbonyl (C=O) groups is 3. The van der Waals surface area contributed by atoms with Crippen LogP contribution >= 0.6 is 11.6 Å². The first-order valence-corrected chi connectivity index (χ1v) is 8.44. The van der Waals surface area contributed by atoms with Crippen molar-refractivity contribution in [2.45, 2.75) is 12.8 Å². The Balaban J connectivity index is 1.72. The van der Waals surface area contributed by atoms with Crippen LogP contribution in [0.15, 0.2) is 28.8 Å². The largest absolute Gasteiger partial charge is 0.456 e. The van der Waals surface area contributed by atoms with Gasteiger partial charge in [0.25, 0.3) is 5.91 Å². The SMILES string of the molecule is CN(C)C(=O)CNC(=O)COC(=O)CCc1nc(-c2ccc(Cl)cc2)no1. The van der Waals surface area contributed by atoms with Crippen LogP contribution in [0, 0.1) is 0 Å². The van der Waals surface area contributed by atoms with Crippen molar-refractivity contribution in [1.29, 1.82) is 0 Å². The molecule has 0 saturated carbocycles. The highest BCUT2D eigenvalue weighted by atomic mass is 35.5. The highest BCUT2D eigenvalue weighted by Gasteiger charge is 2.13. The standard InChI is InChI=1S/C17H19ClN4O5/c1-22(2)15(24)9-19-13(23)10-26-16(25)8-7-14-20-17(21-27-14)11-3-5-12(18)6-4-11/h3-6H,7-10H2,1-2H3,(H,19,23). The molecule has 2 amide bonds. The second kappa shape index (κ2) is 9.67. The van der Waals surface area contributed by atoms with Crippen molar-refractivity contribution in [3.05, 3.63) is 35.2 Å². The Labute approximate surface area is 160 Å². The van der Waals surface area contributed by atoms with E-state index in [9.17, 15) is 14.4 Å². The minimum absolute atomic E-state index is 0.0217. The van der Waals surface area contributed by atoms with Crippen molar-refractivity contribution in [3.8, 4) is 11.4 Å². The number of nitrogens with zero attached hydrogens (tertiary/aromatic N) is 3. The molecule has 2 aromatic rings. The first kappa shape index (κ1) is 20.4. The summed E-state index contributed by atoms with van der Waals surface area (Å²) in [6.07, 6.45) is 0.159. The second-order valence-electron chi connectivity index (χ2n) is 5.74. The van der Waals surface area contributed by atoms with Crippen molar-refractivity contribution in [1.82, 2.24) is 20.4 Å². The lowest BCUT2D eigenvalue weighted by molar-refractivity contribution is -0.148. The van der Waals surface area contributed by atoms with E-state index in [0.29, 0.717) is 10.8 Å². The third-order valence-corrected chi connectivity index (χ3v) is 3.67. The smallest absolute Gasteiger partial charge is 0.306 e. The molecule has 1 heterocycles. The molecule has 0 radical (unpaired) electrons. The summed E-state index contributed by atoms with van der Waals surface area (Å²) in [6.45, 7) is -0.613. The molecular formula is C17H19ClN4O5. The fourth-order valence-corrected chi connectivity index (χ4v) is 2.01. The Hall–Kier alpha value is -2.94. The van der Waals surface area contributed by atoms with Crippen molar-refractivity contribution in [2.75, 3.05) is 27.2 Å². The lowest BCUT2D eigenvalue weighted by atomic mass is 10.2. The molecule has 0 aliphatic rings. The van der Waals surface area contributed by atoms with Crippen LogP contribution in [0.5, 0.6) is 0 Å². The summed E-state index contributed by atoms with van der Waals surface area (Å²) < 4.78 is 9.93. The maximum absolute atomic E-state index is 11.7. The maximum Gasteiger partial charge on any atom is 0.306 e. The summed E-state index contributed by atoms with van der Waals surface area (Å²) in [4.78, 5) is 40.1. The van der Waals surface area contributed by atoms with Gasteiger partial charge in [0.2, 0.25) is 17.6 Å². The van der Waals surface area contributed by atoms with Gasteiger partial charge in [0, 0.05) is 31.1 Å². The van der Waals surface area contributed by atoms with E-state index in [1.807, 2.05) is 0 Å². The highest BCUT2D eigenvalue weighted by Crippen LogP contribution is 2.19. The van der Waals surface area contributed by atoms with Gasteiger partial charge in [0.05, 0.1) is 13.0 Å². The number of rotatable bonds is 8. The van der Waals surface area contributed by atoms with Crippen LogP contribution in [0.4, 0.5) is 0 Å². The Morgan fingerprint density at radius 1 is 1.22 bits per heavy atom. The number of ether oxygens (including phenoxy) is 1. The van der Waals surface area contributed by atoms with Gasteiger partial charge in [-0.05, 0) is 24.3 Å². The van der Waals surface area contributed by atoms with Gasteiger partial charge in [-0.15, -0.1) is 0 Å². The molecule has 9 nitrogen and oxygen atoms in total. The number of aryl methyl sites for hydroxylation is 1. The van der Waals surface area contributed by atoms with Crippen LogP contribution in [-0.4, -0.2) is 60.1 Å². The Morgan fingerprint density at radius 3 is 2.59 bits per heavy atom. The predicted molar refractivity (Wildman–Crippen MR) is 95.7 cm³/mol. The van der Waals surface area contributed by atoms with E-state index in [2.05, 4.69) is 15.5 Å². The van der Waals surface area contributed by atoms with E-state index < -0.39 is 18.5 Å². The van der Waals surface area contributed by atoms with Gasteiger partial charge in [-0.25, -0.2) is 0 Å². The Morgan fingerprint density at radius 2 is 1.93 bits per heavy atom. The zero-order valence-corrected chi connectivity index (χ0v) is 15.7. The third-order valence-electron chi connectivity index (χ3n) is 3.41. The topological polar surface area (TPSA) is 115 Å². The van der Waals surface area contributed by atoms with Crippen LogP contribution in [0.1, 0.15) is 12.3 Å². The number of carbonyl (C=O) groups excluding carboxylic acids is 3. The average molecular weight is 395 g/mol. The van der Waals surface area contributed by atoms with E-state index >= 15 is 0 Å². The van der Waals surface area contributed by atoms with E-state index in [1.165, 1.54) is 4.90 Å². The van der Waals surface area contributed by atoms with Crippen LogP contribution in [0.25, 0.3) is 11.4 Å². The highest BCUT2D eigenvalue weighted by molar-refractivity contribution is 6.30. The number of hydrogen-bond acceptors (Lipinski definition) is 7. The van der Waals surface area contributed by atoms with Crippen molar-refractivity contribution >= 4 is 29.4 Å². The Kier molecular flexibility index (Phi) is 7.30. The van der Waals surface area contributed by atoms with Crippen LogP contribution in [0.3, 0.4) is 0 Å². The molecule has 2 rings (SSSR count). The zero-order chi connectivity index (χ0) is 19.8. The molecule has 1 N–H and O–H groups in total. The molecule has 0 aliphatic carbocycles. The summed E-state index contributed by atoms with van der Waals surface area (Å²) >= 11 is 5.83. The number of amides is 2. The van der Waals surface area contributed by atoms with E-state index in [0.717, 1.165) is 5.56 Å². The molecule has 144 valence electrons. The molecule has 0 bridgehead atoms. The minimum atomic E-state index is -0.588. The lowest BCUT2D eigenvalue weighted by Gasteiger charge is -2.10. The molecule has 0 saturated heterocycles. The monoisotopic (exact) mass is 394 g/mol. The van der Waals surface area contributed by atoms with E-state index in [1.54, 1.807) is 38.4 Å². The molecule has 10 heteroatoms. The summed E-state index contributed by atoms with van der Waals surface area (Å²) in [5.74, 6) is -0.739. The number of esters is 1. The lowest BCUT2D eigenvalue weighted by Crippen LogP contribution is -2.38. The molecule has 0 atom stereocenters. The molecule has 0 unspecified atom stereocenters. The molecule has 1 aromatic carbocycles. The Bertz CT molecular complexity index is 804. The quantitative estimate of drug-likeness (QED) is 0.666. The fourth-order valence-electron chi connectivity index (χ4n) is 1.88. The number of hydrogen-bond donors (Lipinski definition) is 1. The molecule has 0 spiro atoms. The van der Waals surface area contributed by atoms with Crippen LogP contribution in [0.2, 0.25) is 5.02 Å². The van der Waals surface area contributed by atoms with E-state index in [4.69, 9.17) is 20.9 Å². The zero-order valence-electron chi connectivity index (χ0n) is 14.9. The van der Waals surface area contributed by atoms with Crippen molar-refractivity contribution < 1.29 is 23.6 Å². The van der Waals surface area contributed by atoms with Gasteiger partial charge in [0.15, 0.2) is 6.61 Å². The normalized spacial score (nSPS) is 10.3. The van der Waals surface area contributed by atoms with Crippen molar-refractivity contribution in [2.24, 2.45) is 0 Å². The fraction of sp³-hybridized carbons (Fsp3) is 0.353. The van der Waals surface area contributed by atoms with Crippen LogP contribution < -0.4 is 5.32 Å². The predicted octanol–water partition coefficient (Wildman–Crippen LogP) is 1.07. The van der Waals surface area contributed by atoms with Gasteiger partial charge >= 0.3 is 5.97 Å². The molecule has 0 fully saturated rings. The maximum atomic E-state index is 11.7. The number of benzene rings is 1. The number of likely N-dealkylation sites (N-methyl/N-ethyl adjacent to an activating group) is 1. The van der Waals surface area contributed by atoms with Crippen molar-refractivity contribution in [3.63, 3.8) is 0 Å².